The quantitative estimate of drug-likeness (QED) is 0.332. The van der Waals surface area contributed by atoms with Crippen molar-refractivity contribution in [1.82, 2.24) is 10.2 Å². The highest BCUT2D eigenvalue weighted by molar-refractivity contribution is 7.92. The zero-order valence-corrected chi connectivity index (χ0v) is 24.5. The largest absolute Gasteiger partial charge is 0.352 e. The fourth-order valence-corrected chi connectivity index (χ4v) is 6.63. The number of nitrogens with zero attached hydrogens (tertiary/aromatic N) is 2. The molecule has 1 aliphatic rings. The molecule has 0 unspecified atom stereocenters. The van der Waals surface area contributed by atoms with Crippen LogP contribution in [0.3, 0.4) is 0 Å². The molecule has 0 spiro atoms. The molecule has 40 heavy (non-hydrogen) atoms. The van der Waals surface area contributed by atoms with E-state index in [1.807, 2.05) is 36.4 Å². The topological polar surface area (TPSA) is 86.8 Å². The van der Waals surface area contributed by atoms with Gasteiger partial charge in [-0.05, 0) is 68.1 Å². The molecule has 0 aliphatic heterocycles. The Hall–Kier alpha value is -3.36. The number of rotatable bonds is 10. The molecule has 0 saturated heterocycles. The molecule has 4 rings (SSSR count). The SMILES string of the molecule is Cc1ccccc1N(CC(=O)N(Cc1ccccc1)[C@@H](C)C(=O)NC1CCCCC1)S(=O)(=O)c1ccc(Cl)cc1. The highest BCUT2D eigenvalue weighted by Gasteiger charge is 2.33. The fourth-order valence-electron chi connectivity index (χ4n) is 5.02. The molecule has 1 N–H and O–H groups in total. The number of amides is 2. The second-order valence-electron chi connectivity index (χ2n) is 10.3. The van der Waals surface area contributed by atoms with Crippen LogP contribution < -0.4 is 9.62 Å². The Morgan fingerprint density at radius 1 is 0.925 bits per heavy atom. The predicted octanol–water partition coefficient (Wildman–Crippen LogP) is 5.71. The summed E-state index contributed by atoms with van der Waals surface area (Å²) < 4.78 is 28.9. The minimum atomic E-state index is -4.14. The molecule has 0 bridgehead atoms. The Balaban J connectivity index is 1.67. The van der Waals surface area contributed by atoms with Crippen LogP contribution in [0.2, 0.25) is 5.02 Å². The van der Waals surface area contributed by atoms with Gasteiger partial charge in [0.2, 0.25) is 11.8 Å². The number of benzene rings is 3. The highest BCUT2D eigenvalue weighted by atomic mass is 35.5. The highest BCUT2D eigenvalue weighted by Crippen LogP contribution is 2.28. The van der Waals surface area contributed by atoms with Gasteiger partial charge in [0.25, 0.3) is 10.0 Å². The van der Waals surface area contributed by atoms with Crippen molar-refractivity contribution in [2.75, 3.05) is 10.8 Å². The number of hydrogen-bond donors (Lipinski definition) is 1. The van der Waals surface area contributed by atoms with E-state index in [0.29, 0.717) is 16.3 Å². The molecule has 0 aromatic heterocycles. The Kier molecular flexibility index (Phi) is 9.87. The van der Waals surface area contributed by atoms with Crippen LogP contribution in [0.15, 0.2) is 83.8 Å². The molecular formula is C31H36ClN3O4S. The normalized spacial score (nSPS) is 14.8. The van der Waals surface area contributed by atoms with Gasteiger partial charge >= 0.3 is 0 Å². The van der Waals surface area contributed by atoms with Gasteiger partial charge in [0.05, 0.1) is 10.6 Å². The number of nitrogens with one attached hydrogen (secondary N) is 1. The molecule has 0 radical (unpaired) electrons. The lowest BCUT2D eigenvalue weighted by molar-refractivity contribution is -0.139. The summed E-state index contributed by atoms with van der Waals surface area (Å²) >= 11 is 6.01. The van der Waals surface area contributed by atoms with Gasteiger partial charge in [0.1, 0.15) is 12.6 Å². The van der Waals surface area contributed by atoms with Gasteiger partial charge in [0, 0.05) is 17.6 Å². The van der Waals surface area contributed by atoms with E-state index >= 15 is 0 Å². The molecule has 3 aromatic carbocycles. The Labute approximate surface area is 242 Å². The van der Waals surface area contributed by atoms with Crippen molar-refractivity contribution < 1.29 is 18.0 Å². The summed E-state index contributed by atoms with van der Waals surface area (Å²) in [6, 6.07) is 21.6. The minimum Gasteiger partial charge on any atom is -0.352 e. The van der Waals surface area contributed by atoms with Crippen LogP contribution in [0.5, 0.6) is 0 Å². The van der Waals surface area contributed by atoms with Crippen molar-refractivity contribution in [3.63, 3.8) is 0 Å². The van der Waals surface area contributed by atoms with E-state index in [-0.39, 0.29) is 23.4 Å². The molecule has 212 valence electrons. The molecule has 9 heteroatoms. The van der Waals surface area contributed by atoms with E-state index in [0.717, 1.165) is 42.0 Å². The van der Waals surface area contributed by atoms with Crippen molar-refractivity contribution >= 4 is 39.1 Å². The van der Waals surface area contributed by atoms with E-state index in [9.17, 15) is 18.0 Å². The summed E-state index contributed by atoms with van der Waals surface area (Å²) in [5.74, 6) is -0.713. The first-order valence-corrected chi connectivity index (χ1v) is 15.5. The lowest BCUT2D eigenvalue weighted by Crippen LogP contribution is -2.53. The monoisotopic (exact) mass is 581 g/mol. The first kappa shape index (κ1) is 29.6. The van der Waals surface area contributed by atoms with Gasteiger partial charge in [0.15, 0.2) is 0 Å². The number of aryl methyl sites for hydroxylation is 1. The third-order valence-corrected chi connectivity index (χ3v) is 9.41. The van der Waals surface area contributed by atoms with Crippen molar-refractivity contribution in [2.24, 2.45) is 0 Å². The summed E-state index contributed by atoms with van der Waals surface area (Å²) in [4.78, 5) is 28.9. The van der Waals surface area contributed by atoms with Crippen LogP contribution in [0.1, 0.15) is 50.2 Å². The van der Waals surface area contributed by atoms with Crippen molar-refractivity contribution in [3.8, 4) is 0 Å². The zero-order valence-electron chi connectivity index (χ0n) is 22.9. The molecular weight excluding hydrogens is 546 g/mol. The zero-order chi connectivity index (χ0) is 28.7. The van der Waals surface area contributed by atoms with E-state index < -0.39 is 28.5 Å². The van der Waals surface area contributed by atoms with Crippen molar-refractivity contribution in [2.45, 2.75) is 69.5 Å². The maximum absolute atomic E-state index is 14.0. The van der Waals surface area contributed by atoms with Crippen LogP contribution in [-0.2, 0) is 26.2 Å². The second-order valence-corrected chi connectivity index (χ2v) is 12.6. The Morgan fingerprint density at radius 2 is 1.55 bits per heavy atom. The summed E-state index contributed by atoms with van der Waals surface area (Å²) in [5.41, 5.74) is 1.94. The lowest BCUT2D eigenvalue weighted by Gasteiger charge is -2.33. The minimum absolute atomic E-state index is 0.0191. The molecule has 0 heterocycles. The number of hydrogen-bond acceptors (Lipinski definition) is 4. The number of sulfonamides is 1. The maximum Gasteiger partial charge on any atom is 0.264 e. The molecule has 1 atom stereocenters. The van der Waals surface area contributed by atoms with Crippen LogP contribution in [0.4, 0.5) is 5.69 Å². The number of para-hydroxylation sites is 1. The van der Waals surface area contributed by atoms with Crippen LogP contribution in [0, 0.1) is 6.92 Å². The van der Waals surface area contributed by atoms with Crippen molar-refractivity contribution in [3.05, 3.63) is 95.0 Å². The van der Waals surface area contributed by atoms with Gasteiger partial charge in [-0.2, -0.15) is 0 Å². The van der Waals surface area contributed by atoms with Crippen LogP contribution in [0.25, 0.3) is 0 Å². The molecule has 1 saturated carbocycles. The molecule has 2 amide bonds. The number of carbonyl (C=O) groups excluding carboxylic acids is 2. The summed E-state index contributed by atoms with van der Waals surface area (Å²) in [7, 11) is -4.14. The molecule has 3 aromatic rings. The fraction of sp³-hybridized carbons (Fsp3) is 0.355. The van der Waals surface area contributed by atoms with Crippen LogP contribution >= 0.6 is 11.6 Å². The third-order valence-electron chi connectivity index (χ3n) is 7.38. The third kappa shape index (κ3) is 7.23. The van der Waals surface area contributed by atoms with E-state index in [1.54, 1.807) is 32.0 Å². The number of anilines is 1. The van der Waals surface area contributed by atoms with Crippen LogP contribution in [-0.4, -0.2) is 43.8 Å². The average Bonchev–Trinajstić information content (AvgIpc) is 2.96. The van der Waals surface area contributed by atoms with Gasteiger partial charge in [-0.25, -0.2) is 8.42 Å². The van der Waals surface area contributed by atoms with Gasteiger partial charge in [-0.15, -0.1) is 0 Å². The van der Waals surface area contributed by atoms with E-state index in [2.05, 4.69) is 5.32 Å². The van der Waals surface area contributed by atoms with E-state index in [1.165, 1.54) is 29.2 Å². The standard InChI is InChI=1S/C31H36ClN3O4S/c1-23-11-9-10-16-29(23)35(40(38,39)28-19-17-26(32)18-20-28)22-30(36)34(21-25-12-5-3-6-13-25)24(2)31(37)33-27-14-7-4-8-15-27/h3,5-6,9-13,16-20,24,27H,4,7-8,14-15,21-22H2,1-2H3,(H,33,37)/t24-/m0/s1. The summed E-state index contributed by atoms with van der Waals surface area (Å²) in [6.45, 7) is 3.20. The molecule has 7 nitrogen and oxygen atoms in total. The van der Waals surface area contributed by atoms with Crippen molar-refractivity contribution in [1.29, 1.82) is 0 Å². The maximum atomic E-state index is 14.0. The Bertz CT molecular complexity index is 1410. The average molecular weight is 582 g/mol. The smallest absolute Gasteiger partial charge is 0.264 e. The number of halogens is 1. The van der Waals surface area contributed by atoms with Gasteiger partial charge in [-0.3, -0.25) is 13.9 Å². The first-order chi connectivity index (χ1) is 19.2. The predicted molar refractivity (Wildman–Crippen MR) is 159 cm³/mol. The second kappa shape index (κ2) is 13.3. The van der Waals surface area contributed by atoms with Gasteiger partial charge < -0.3 is 10.2 Å². The lowest BCUT2D eigenvalue weighted by atomic mass is 9.95. The molecule has 1 fully saturated rings. The summed E-state index contributed by atoms with van der Waals surface area (Å²) in [6.07, 6.45) is 5.15. The first-order valence-electron chi connectivity index (χ1n) is 13.6. The number of carbonyl (C=O) groups is 2. The molecule has 1 aliphatic carbocycles. The summed E-state index contributed by atoms with van der Waals surface area (Å²) in [5, 5.41) is 3.52. The van der Waals surface area contributed by atoms with E-state index in [4.69, 9.17) is 11.6 Å². The Morgan fingerprint density at radius 3 is 2.20 bits per heavy atom. The van der Waals surface area contributed by atoms with Gasteiger partial charge in [-0.1, -0.05) is 79.4 Å².